The number of nitrogens with zero attached hydrogens (tertiary/aromatic N) is 3. The van der Waals surface area contributed by atoms with Crippen molar-refractivity contribution in [1.29, 1.82) is 0 Å². The molecular weight excluding hydrogens is 288 g/mol. The van der Waals surface area contributed by atoms with Crippen LogP contribution < -0.4 is 5.32 Å². The van der Waals surface area contributed by atoms with Gasteiger partial charge in [0.1, 0.15) is 5.82 Å². The van der Waals surface area contributed by atoms with Crippen LogP contribution in [0.4, 0.5) is 5.82 Å². The van der Waals surface area contributed by atoms with Crippen LogP contribution in [0.15, 0.2) is 48.8 Å². The van der Waals surface area contributed by atoms with Crippen molar-refractivity contribution in [2.24, 2.45) is 0 Å². The van der Waals surface area contributed by atoms with E-state index in [0.29, 0.717) is 5.82 Å². The molecule has 2 N–H and O–H groups in total. The Bertz CT molecular complexity index is 822. The SMILES string of the molecule is O[C@@H]1CC[C@H](Nc2nc(-c3cccnc3)nc3ccccc23)C1. The third-order valence-corrected chi connectivity index (χ3v) is 4.27. The van der Waals surface area contributed by atoms with Gasteiger partial charge in [0, 0.05) is 29.4 Å². The van der Waals surface area contributed by atoms with Crippen molar-refractivity contribution in [1.82, 2.24) is 15.0 Å². The van der Waals surface area contributed by atoms with Gasteiger partial charge in [0.25, 0.3) is 0 Å². The van der Waals surface area contributed by atoms with Gasteiger partial charge < -0.3 is 10.4 Å². The number of aliphatic hydroxyl groups excluding tert-OH is 1. The number of hydrogen-bond acceptors (Lipinski definition) is 5. The maximum Gasteiger partial charge on any atom is 0.163 e. The molecule has 116 valence electrons. The van der Waals surface area contributed by atoms with Crippen molar-refractivity contribution in [2.45, 2.75) is 31.4 Å². The zero-order valence-electron chi connectivity index (χ0n) is 12.7. The predicted molar refractivity (Wildman–Crippen MR) is 90.0 cm³/mol. The van der Waals surface area contributed by atoms with E-state index >= 15 is 0 Å². The molecule has 1 fully saturated rings. The highest BCUT2D eigenvalue weighted by Gasteiger charge is 2.23. The Morgan fingerprint density at radius 2 is 1.96 bits per heavy atom. The molecule has 2 aromatic heterocycles. The van der Waals surface area contributed by atoms with Gasteiger partial charge in [-0.25, -0.2) is 9.97 Å². The Labute approximate surface area is 134 Å². The lowest BCUT2D eigenvalue weighted by atomic mass is 10.2. The van der Waals surface area contributed by atoms with Crippen LogP contribution in [0.25, 0.3) is 22.3 Å². The van der Waals surface area contributed by atoms with Crippen LogP contribution >= 0.6 is 0 Å². The van der Waals surface area contributed by atoms with Gasteiger partial charge in [-0.2, -0.15) is 0 Å². The molecule has 5 heteroatoms. The van der Waals surface area contributed by atoms with Crippen molar-refractivity contribution in [3.8, 4) is 11.4 Å². The minimum Gasteiger partial charge on any atom is -0.393 e. The number of para-hydroxylation sites is 1. The highest BCUT2D eigenvalue weighted by molar-refractivity contribution is 5.90. The lowest BCUT2D eigenvalue weighted by molar-refractivity contribution is 0.182. The number of hydrogen-bond donors (Lipinski definition) is 2. The summed E-state index contributed by atoms with van der Waals surface area (Å²) in [6.07, 6.45) is 5.87. The van der Waals surface area contributed by atoms with Crippen molar-refractivity contribution in [3.05, 3.63) is 48.8 Å². The molecule has 4 rings (SSSR count). The summed E-state index contributed by atoms with van der Waals surface area (Å²) in [5, 5.41) is 14.2. The Kier molecular flexibility index (Phi) is 3.63. The molecule has 0 aliphatic heterocycles. The third-order valence-electron chi connectivity index (χ3n) is 4.27. The van der Waals surface area contributed by atoms with Crippen LogP contribution in [0.2, 0.25) is 0 Å². The number of aliphatic hydroxyl groups is 1. The quantitative estimate of drug-likeness (QED) is 0.778. The first-order valence-corrected chi connectivity index (χ1v) is 7.91. The molecule has 3 aromatic rings. The zero-order valence-corrected chi connectivity index (χ0v) is 12.7. The average Bonchev–Trinajstić information content (AvgIpc) is 3.00. The molecule has 0 saturated heterocycles. The third kappa shape index (κ3) is 2.87. The Hall–Kier alpha value is -2.53. The van der Waals surface area contributed by atoms with E-state index in [0.717, 1.165) is 41.5 Å². The van der Waals surface area contributed by atoms with E-state index < -0.39 is 0 Å². The summed E-state index contributed by atoms with van der Waals surface area (Å²) in [6.45, 7) is 0. The molecule has 0 amide bonds. The first-order valence-electron chi connectivity index (χ1n) is 7.91. The van der Waals surface area contributed by atoms with Gasteiger partial charge in [-0.1, -0.05) is 12.1 Å². The fraction of sp³-hybridized carbons (Fsp3) is 0.278. The van der Waals surface area contributed by atoms with Crippen LogP contribution in [-0.4, -0.2) is 32.2 Å². The fourth-order valence-electron chi connectivity index (χ4n) is 3.09. The van der Waals surface area contributed by atoms with Crippen LogP contribution in [0.3, 0.4) is 0 Å². The molecule has 1 aliphatic rings. The van der Waals surface area contributed by atoms with Crippen molar-refractivity contribution in [2.75, 3.05) is 5.32 Å². The molecule has 0 bridgehead atoms. The van der Waals surface area contributed by atoms with E-state index in [1.165, 1.54) is 0 Å². The molecule has 23 heavy (non-hydrogen) atoms. The van der Waals surface area contributed by atoms with Gasteiger partial charge >= 0.3 is 0 Å². The minimum absolute atomic E-state index is 0.210. The number of anilines is 1. The predicted octanol–water partition coefficient (Wildman–Crippen LogP) is 3.02. The van der Waals surface area contributed by atoms with Gasteiger partial charge in [-0.15, -0.1) is 0 Å². The van der Waals surface area contributed by atoms with Crippen LogP contribution in [0.5, 0.6) is 0 Å². The lowest BCUT2D eigenvalue weighted by Crippen LogP contribution is -2.18. The number of pyridine rings is 1. The van der Waals surface area contributed by atoms with E-state index in [9.17, 15) is 5.11 Å². The molecule has 0 unspecified atom stereocenters. The summed E-state index contributed by atoms with van der Waals surface area (Å²) < 4.78 is 0. The van der Waals surface area contributed by atoms with Gasteiger partial charge in [-0.05, 0) is 43.5 Å². The van der Waals surface area contributed by atoms with E-state index in [2.05, 4.69) is 15.3 Å². The van der Waals surface area contributed by atoms with Crippen LogP contribution in [0, 0.1) is 0 Å². The molecule has 2 heterocycles. The first kappa shape index (κ1) is 14.1. The number of nitrogens with one attached hydrogen (secondary N) is 1. The standard InChI is InChI=1S/C18H18N4O/c23-14-8-7-13(10-14)20-18-15-5-1-2-6-16(15)21-17(22-18)12-4-3-9-19-11-12/h1-6,9,11,13-14,23H,7-8,10H2,(H,20,21,22)/t13-,14+/m0/s1. The zero-order chi connectivity index (χ0) is 15.6. The molecule has 1 aliphatic carbocycles. The smallest absolute Gasteiger partial charge is 0.163 e. The summed E-state index contributed by atoms with van der Waals surface area (Å²) in [7, 11) is 0. The number of rotatable bonds is 3. The summed E-state index contributed by atoms with van der Waals surface area (Å²) in [5.41, 5.74) is 1.80. The maximum atomic E-state index is 9.74. The largest absolute Gasteiger partial charge is 0.393 e. The number of aromatic nitrogens is 3. The molecule has 1 saturated carbocycles. The summed E-state index contributed by atoms with van der Waals surface area (Å²) in [6, 6.07) is 12.1. The molecule has 0 spiro atoms. The highest BCUT2D eigenvalue weighted by Crippen LogP contribution is 2.28. The average molecular weight is 306 g/mol. The highest BCUT2D eigenvalue weighted by atomic mass is 16.3. The van der Waals surface area contributed by atoms with Crippen LogP contribution in [-0.2, 0) is 0 Å². The fourth-order valence-corrected chi connectivity index (χ4v) is 3.09. The normalized spacial score (nSPS) is 20.7. The van der Waals surface area contributed by atoms with Crippen molar-refractivity contribution >= 4 is 16.7 Å². The Balaban J connectivity index is 1.78. The molecule has 5 nitrogen and oxygen atoms in total. The molecule has 2 atom stereocenters. The number of fused-ring (bicyclic) bond motifs is 1. The van der Waals surface area contributed by atoms with E-state index in [-0.39, 0.29) is 12.1 Å². The Morgan fingerprint density at radius 3 is 2.74 bits per heavy atom. The van der Waals surface area contributed by atoms with Crippen molar-refractivity contribution in [3.63, 3.8) is 0 Å². The van der Waals surface area contributed by atoms with Crippen LogP contribution in [0.1, 0.15) is 19.3 Å². The number of benzene rings is 1. The van der Waals surface area contributed by atoms with Crippen molar-refractivity contribution < 1.29 is 5.11 Å². The van der Waals surface area contributed by atoms with Gasteiger partial charge in [-0.3, -0.25) is 4.98 Å². The van der Waals surface area contributed by atoms with Gasteiger partial charge in [0.05, 0.1) is 11.6 Å². The van der Waals surface area contributed by atoms with E-state index in [1.54, 1.807) is 12.4 Å². The summed E-state index contributed by atoms with van der Waals surface area (Å²) in [4.78, 5) is 13.5. The molecular formula is C18H18N4O. The summed E-state index contributed by atoms with van der Waals surface area (Å²) in [5.74, 6) is 1.49. The second kappa shape index (κ2) is 5.93. The Morgan fingerprint density at radius 1 is 1.04 bits per heavy atom. The second-order valence-electron chi connectivity index (χ2n) is 5.96. The van der Waals surface area contributed by atoms with E-state index in [4.69, 9.17) is 4.98 Å². The first-order chi connectivity index (χ1) is 11.3. The lowest BCUT2D eigenvalue weighted by Gasteiger charge is -2.15. The van der Waals surface area contributed by atoms with Gasteiger partial charge in [0.15, 0.2) is 5.82 Å². The molecule has 0 radical (unpaired) electrons. The van der Waals surface area contributed by atoms with Gasteiger partial charge in [0.2, 0.25) is 0 Å². The monoisotopic (exact) mass is 306 g/mol. The minimum atomic E-state index is -0.210. The second-order valence-corrected chi connectivity index (χ2v) is 5.96. The summed E-state index contributed by atoms with van der Waals surface area (Å²) >= 11 is 0. The topological polar surface area (TPSA) is 70.9 Å². The molecule has 1 aromatic carbocycles. The maximum absolute atomic E-state index is 9.74. The van der Waals surface area contributed by atoms with E-state index in [1.807, 2.05) is 36.4 Å².